The molecule has 0 rings (SSSR count). The first-order chi connectivity index (χ1) is 21.6. The monoisotopic (exact) mass is 692 g/mol. The molecule has 45 heavy (non-hydrogen) atoms. The summed E-state index contributed by atoms with van der Waals surface area (Å²) in [7, 11) is 0. The van der Waals surface area contributed by atoms with Gasteiger partial charge in [0.25, 0.3) is 0 Å². The number of esters is 6. The van der Waals surface area contributed by atoms with Crippen molar-refractivity contribution in [3.8, 4) is 0 Å². The van der Waals surface area contributed by atoms with Gasteiger partial charge in [-0.25, -0.2) is 0 Å². The molecular weight excluding hydrogens is 649 g/mol. The maximum Gasteiger partial charge on any atom is 0.311 e. The first-order valence-electron chi connectivity index (χ1n) is 14.2. The largest absolute Gasteiger partial charge is 0.465 e. The lowest BCUT2D eigenvalue weighted by molar-refractivity contribution is -0.162. The highest BCUT2D eigenvalue weighted by molar-refractivity contribution is 7.99. The van der Waals surface area contributed by atoms with Gasteiger partial charge >= 0.3 is 35.8 Å². The molecule has 0 radical (unpaired) electrons. The second kappa shape index (κ2) is 27.4. The van der Waals surface area contributed by atoms with Gasteiger partial charge in [-0.3, -0.25) is 28.8 Å². The fourth-order valence-corrected chi connectivity index (χ4v) is 5.52. The number of hydrogen-bond donors (Lipinski definition) is 0. The van der Waals surface area contributed by atoms with Crippen LogP contribution >= 0.6 is 35.3 Å². The lowest BCUT2D eigenvalue weighted by Gasteiger charge is -2.31. The zero-order valence-electron chi connectivity index (χ0n) is 25.8. The van der Waals surface area contributed by atoms with Crippen LogP contribution in [0.1, 0.15) is 51.9 Å². The second-order valence-electron chi connectivity index (χ2n) is 9.14. The van der Waals surface area contributed by atoms with Crippen molar-refractivity contribution in [3.05, 3.63) is 38.5 Å². The lowest BCUT2D eigenvalue weighted by Crippen LogP contribution is -2.39. The number of carbonyl (C=O) groups excluding carboxylic acids is 6. The predicted octanol–water partition coefficient (Wildman–Crippen LogP) is 4.61. The first kappa shape index (κ1) is 42.1. The molecule has 0 aliphatic carbocycles. The molecule has 0 amide bonds. The average molecular weight is 693 g/mol. The van der Waals surface area contributed by atoms with Gasteiger partial charge < -0.3 is 28.4 Å². The van der Waals surface area contributed by atoms with E-state index in [4.69, 9.17) is 14.2 Å². The molecule has 0 aliphatic rings. The Bertz CT molecular complexity index is 853. The molecule has 12 nitrogen and oxygen atoms in total. The van der Waals surface area contributed by atoms with Crippen LogP contribution in [0.3, 0.4) is 0 Å². The van der Waals surface area contributed by atoms with Crippen LogP contribution in [0.15, 0.2) is 38.5 Å². The summed E-state index contributed by atoms with van der Waals surface area (Å²) in [6.45, 7) is 11.4. The predicted molar refractivity (Wildman–Crippen MR) is 174 cm³/mol. The summed E-state index contributed by atoms with van der Waals surface area (Å²) >= 11 is 4.18. The van der Waals surface area contributed by atoms with E-state index in [2.05, 4.69) is 33.9 Å². The fraction of sp³-hybridized carbons (Fsp3) is 0.600. The number of carbonyl (C=O) groups is 6. The molecule has 0 N–H and O–H groups in total. The van der Waals surface area contributed by atoms with Gasteiger partial charge in [-0.15, -0.1) is 0 Å². The van der Waals surface area contributed by atoms with Crippen molar-refractivity contribution >= 4 is 71.1 Å². The minimum absolute atomic E-state index is 0.0929. The molecule has 0 saturated heterocycles. The van der Waals surface area contributed by atoms with E-state index in [1.54, 1.807) is 0 Å². The summed E-state index contributed by atoms with van der Waals surface area (Å²) in [6.07, 6.45) is 4.40. The summed E-state index contributed by atoms with van der Waals surface area (Å²) < 4.78 is 30.4. The van der Waals surface area contributed by atoms with Crippen molar-refractivity contribution in [3.63, 3.8) is 0 Å². The van der Waals surface area contributed by atoms with Crippen LogP contribution in [-0.2, 0) is 57.2 Å². The van der Waals surface area contributed by atoms with Crippen molar-refractivity contribution in [1.29, 1.82) is 0 Å². The molecule has 0 aliphatic heterocycles. The summed E-state index contributed by atoms with van der Waals surface area (Å²) in [5.41, 5.74) is -0.967. The van der Waals surface area contributed by atoms with E-state index in [9.17, 15) is 28.8 Å². The van der Waals surface area contributed by atoms with E-state index in [0.717, 1.165) is 18.8 Å². The topological polar surface area (TPSA) is 158 Å². The molecule has 0 aromatic heterocycles. The zero-order chi connectivity index (χ0) is 33.8. The van der Waals surface area contributed by atoms with Crippen LogP contribution in [0.25, 0.3) is 0 Å². The summed E-state index contributed by atoms with van der Waals surface area (Å²) in [6, 6.07) is 0. The van der Waals surface area contributed by atoms with Crippen molar-refractivity contribution in [2.45, 2.75) is 51.9 Å². The van der Waals surface area contributed by atoms with Gasteiger partial charge in [0.15, 0.2) is 0 Å². The number of ether oxygens (including phenoxy) is 6. The van der Waals surface area contributed by atoms with Gasteiger partial charge in [-0.1, -0.05) is 26.7 Å². The average Bonchev–Trinajstić information content (AvgIpc) is 3.00. The molecular formula is C30H44O12S3. The minimum Gasteiger partial charge on any atom is -0.465 e. The molecule has 0 aromatic rings. The highest BCUT2D eigenvalue weighted by Crippen LogP contribution is 2.25. The Hall–Kier alpha value is -2.91. The lowest BCUT2D eigenvalue weighted by atomic mass is 9.88. The van der Waals surface area contributed by atoms with Crippen molar-refractivity contribution in [2.24, 2.45) is 5.41 Å². The Morgan fingerprint density at radius 2 is 0.733 bits per heavy atom. The normalized spacial score (nSPS) is 10.6. The molecule has 0 unspecified atom stereocenters. The molecule has 0 spiro atoms. The number of rotatable bonds is 28. The van der Waals surface area contributed by atoms with Crippen molar-refractivity contribution in [2.75, 3.05) is 54.3 Å². The van der Waals surface area contributed by atoms with Gasteiger partial charge in [0.2, 0.25) is 0 Å². The SMILES string of the molecule is C=COC(=O)CCSCCC(=O)OCC(CC)(COC(=O)CCSCCC(=O)OC=C)COC(=O)CCSCCC(=O)OC=C. The van der Waals surface area contributed by atoms with E-state index < -0.39 is 41.2 Å². The Kier molecular flexibility index (Phi) is 25.6. The van der Waals surface area contributed by atoms with Gasteiger partial charge in [0, 0.05) is 34.5 Å². The summed E-state index contributed by atoms with van der Waals surface area (Å²) in [5.74, 6) is 0.0248. The molecule has 0 fully saturated rings. The molecule has 0 heterocycles. The molecule has 0 atom stereocenters. The highest BCUT2D eigenvalue weighted by Gasteiger charge is 2.34. The molecule has 0 bridgehead atoms. The van der Waals surface area contributed by atoms with Crippen molar-refractivity contribution in [1.82, 2.24) is 0 Å². The maximum absolute atomic E-state index is 12.4. The third-order valence-corrected chi connectivity index (χ3v) is 8.67. The van der Waals surface area contributed by atoms with E-state index in [-0.39, 0.29) is 58.3 Å². The highest BCUT2D eigenvalue weighted by atomic mass is 32.2. The Morgan fingerprint density at radius 3 is 0.956 bits per heavy atom. The van der Waals surface area contributed by atoms with Gasteiger partial charge in [0.05, 0.1) is 62.7 Å². The number of hydrogen-bond acceptors (Lipinski definition) is 15. The van der Waals surface area contributed by atoms with Crippen molar-refractivity contribution < 1.29 is 57.2 Å². The van der Waals surface area contributed by atoms with Crippen LogP contribution in [0.4, 0.5) is 0 Å². The third-order valence-electron chi connectivity index (χ3n) is 5.72. The minimum atomic E-state index is -0.967. The van der Waals surface area contributed by atoms with Crippen LogP contribution in [0.5, 0.6) is 0 Å². The van der Waals surface area contributed by atoms with Gasteiger partial charge in [0.1, 0.15) is 19.8 Å². The van der Waals surface area contributed by atoms with Crippen LogP contribution in [0, 0.1) is 5.41 Å². The second-order valence-corrected chi connectivity index (χ2v) is 12.8. The molecule has 254 valence electrons. The fourth-order valence-electron chi connectivity index (χ4n) is 3.04. The van der Waals surface area contributed by atoms with E-state index in [0.29, 0.717) is 40.9 Å². The Morgan fingerprint density at radius 1 is 0.489 bits per heavy atom. The van der Waals surface area contributed by atoms with Gasteiger partial charge in [-0.2, -0.15) is 35.3 Å². The van der Waals surface area contributed by atoms with Crippen LogP contribution in [0.2, 0.25) is 0 Å². The molecule has 0 aromatic carbocycles. The smallest absolute Gasteiger partial charge is 0.311 e. The van der Waals surface area contributed by atoms with E-state index in [1.165, 1.54) is 35.3 Å². The standard InChI is InChI=1S/C30H44O12S3/c1-5-30(21-40-27(34)12-18-43-15-9-24(31)37-6-2,22-41-28(35)13-19-44-16-10-25(32)38-7-3)23-42-29(36)14-20-45-17-11-26(33)39-8-4/h6-8H,2-5,9-23H2,1H3. The van der Waals surface area contributed by atoms with E-state index >= 15 is 0 Å². The zero-order valence-corrected chi connectivity index (χ0v) is 28.2. The third kappa shape index (κ3) is 24.1. The van der Waals surface area contributed by atoms with Crippen LogP contribution < -0.4 is 0 Å². The summed E-state index contributed by atoms with van der Waals surface area (Å²) in [5, 5.41) is 0. The molecule has 0 saturated carbocycles. The number of thioether (sulfide) groups is 3. The quantitative estimate of drug-likeness (QED) is 0.0484. The molecule has 15 heteroatoms. The first-order valence-corrected chi connectivity index (χ1v) is 17.7. The Labute approximate surface area is 277 Å². The van der Waals surface area contributed by atoms with Gasteiger partial charge in [-0.05, 0) is 6.42 Å². The Balaban J connectivity index is 4.87. The summed E-state index contributed by atoms with van der Waals surface area (Å²) in [4.78, 5) is 71.4. The maximum atomic E-state index is 12.4. The van der Waals surface area contributed by atoms with Crippen LogP contribution in [-0.4, -0.2) is 90.2 Å². The van der Waals surface area contributed by atoms with E-state index in [1.807, 2.05) is 6.92 Å².